The molecule has 4 rings (SSSR count). The number of benzene rings is 1. The molecule has 1 amide bonds. The van der Waals surface area contributed by atoms with Crippen LogP contribution >= 0.6 is 0 Å². The monoisotopic (exact) mass is 297 g/mol. The van der Waals surface area contributed by atoms with E-state index in [1.165, 1.54) is 30.5 Å². The average molecular weight is 297 g/mol. The fourth-order valence-corrected chi connectivity index (χ4v) is 3.74. The van der Waals surface area contributed by atoms with Crippen molar-refractivity contribution in [3.8, 4) is 0 Å². The number of H-pyrrole nitrogens is 1. The number of nitrogens with zero attached hydrogens (tertiary/aromatic N) is 1. The molecular formula is C17H19N3O2. The number of hydrogen-bond acceptors (Lipinski definition) is 3. The maximum atomic E-state index is 11.6. The van der Waals surface area contributed by atoms with Gasteiger partial charge in [0.15, 0.2) is 0 Å². The molecule has 0 aliphatic carbocycles. The highest BCUT2D eigenvalue weighted by Crippen LogP contribution is 2.35. The molecule has 0 spiro atoms. The van der Waals surface area contributed by atoms with Crippen molar-refractivity contribution < 1.29 is 10.0 Å². The molecule has 5 nitrogen and oxygen atoms in total. The van der Waals surface area contributed by atoms with Crippen LogP contribution in [0.2, 0.25) is 0 Å². The molecule has 0 saturated carbocycles. The van der Waals surface area contributed by atoms with E-state index in [-0.39, 0.29) is 0 Å². The highest BCUT2D eigenvalue weighted by atomic mass is 16.5. The topological polar surface area (TPSA) is 68.4 Å². The molecule has 5 heteroatoms. The Hall–Kier alpha value is -2.11. The van der Waals surface area contributed by atoms with E-state index in [1.54, 1.807) is 11.5 Å². The van der Waals surface area contributed by atoms with E-state index in [2.05, 4.69) is 16.0 Å². The van der Waals surface area contributed by atoms with Crippen LogP contribution in [0.1, 0.15) is 35.2 Å². The molecule has 2 aromatic rings. The molecule has 0 bridgehead atoms. The first-order valence-electron chi connectivity index (χ1n) is 7.75. The summed E-state index contributed by atoms with van der Waals surface area (Å²) in [6.07, 6.45) is 7.98. The van der Waals surface area contributed by atoms with Crippen LogP contribution in [0.5, 0.6) is 0 Å². The first-order valence-corrected chi connectivity index (χ1v) is 7.75. The summed E-state index contributed by atoms with van der Waals surface area (Å²) in [7, 11) is 0. The lowest BCUT2D eigenvalue weighted by Gasteiger charge is -2.29. The zero-order chi connectivity index (χ0) is 15.1. The number of carbonyl (C=O) groups is 1. The Labute approximate surface area is 128 Å². The number of carbonyl (C=O) groups excluding carboxylic acids is 1. The molecule has 1 atom stereocenters. The van der Waals surface area contributed by atoms with Gasteiger partial charge in [-0.15, -0.1) is 0 Å². The van der Waals surface area contributed by atoms with Crippen molar-refractivity contribution in [1.82, 2.24) is 15.4 Å². The molecule has 114 valence electrons. The summed E-state index contributed by atoms with van der Waals surface area (Å²) in [6, 6.07) is 6.10. The van der Waals surface area contributed by atoms with Gasteiger partial charge in [-0.25, -0.2) is 5.48 Å². The number of rotatable bonds is 2. The number of aromatic nitrogens is 1. The minimum atomic E-state index is -0.478. The molecule has 22 heavy (non-hydrogen) atoms. The smallest absolute Gasteiger partial charge is 0.274 e. The maximum Gasteiger partial charge on any atom is 0.274 e. The van der Waals surface area contributed by atoms with Crippen molar-refractivity contribution in [2.24, 2.45) is 0 Å². The molecule has 0 radical (unpaired) electrons. The fourth-order valence-electron chi connectivity index (χ4n) is 3.74. The predicted octanol–water partition coefficient (Wildman–Crippen LogP) is 2.54. The summed E-state index contributed by atoms with van der Waals surface area (Å²) in [4.78, 5) is 17.4. The summed E-state index contributed by atoms with van der Waals surface area (Å²) >= 11 is 0. The summed E-state index contributed by atoms with van der Waals surface area (Å²) in [5.41, 5.74) is 5.71. The zero-order valence-corrected chi connectivity index (χ0v) is 12.3. The number of fused-ring (bicyclic) bond motifs is 2. The second-order valence-electron chi connectivity index (χ2n) is 6.13. The minimum absolute atomic E-state index is 0.467. The van der Waals surface area contributed by atoms with E-state index < -0.39 is 5.91 Å². The van der Waals surface area contributed by atoms with Crippen LogP contribution in [-0.4, -0.2) is 40.1 Å². The largest absolute Gasteiger partial charge is 0.361 e. The van der Waals surface area contributed by atoms with Gasteiger partial charge in [0, 0.05) is 40.8 Å². The van der Waals surface area contributed by atoms with Gasteiger partial charge >= 0.3 is 0 Å². The molecule has 1 aromatic heterocycles. The molecule has 3 heterocycles. The van der Waals surface area contributed by atoms with Crippen LogP contribution in [0.25, 0.3) is 16.5 Å². The molecule has 1 saturated heterocycles. The predicted molar refractivity (Wildman–Crippen MR) is 84.7 cm³/mol. The summed E-state index contributed by atoms with van der Waals surface area (Å²) < 4.78 is 0. The van der Waals surface area contributed by atoms with Gasteiger partial charge in [-0.05, 0) is 49.6 Å². The Bertz CT molecular complexity index is 762. The lowest BCUT2D eigenvalue weighted by atomic mass is 9.93. The Morgan fingerprint density at radius 3 is 3.18 bits per heavy atom. The Morgan fingerprint density at radius 1 is 1.41 bits per heavy atom. The second kappa shape index (κ2) is 5.26. The van der Waals surface area contributed by atoms with Gasteiger partial charge in [-0.3, -0.25) is 14.9 Å². The number of aromatic amines is 1. The van der Waals surface area contributed by atoms with Crippen molar-refractivity contribution in [2.45, 2.75) is 25.3 Å². The van der Waals surface area contributed by atoms with Gasteiger partial charge in [0.1, 0.15) is 0 Å². The van der Waals surface area contributed by atoms with Crippen LogP contribution < -0.4 is 5.48 Å². The molecule has 1 fully saturated rings. The molecular weight excluding hydrogens is 278 g/mol. The molecule has 2 aliphatic heterocycles. The summed E-state index contributed by atoms with van der Waals surface area (Å²) in [5.74, 6) is -0.478. The highest BCUT2D eigenvalue weighted by molar-refractivity contribution is 6.00. The van der Waals surface area contributed by atoms with E-state index in [4.69, 9.17) is 5.21 Å². The van der Waals surface area contributed by atoms with Gasteiger partial charge in [-0.1, -0.05) is 6.08 Å². The number of hydrogen-bond donors (Lipinski definition) is 3. The maximum absolute atomic E-state index is 11.6. The normalized spacial score (nSPS) is 21.7. The van der Waals surface area contributed by atoms with Crippen LogP contribution in [-0.2, 0) is 0 Å². The van der Waals surface area contributed by atoms with Crippen molar-refractivity contribution in [1.29, 1.82) is 0 Å². The Kier molecular flexibility index (Phi) is 3.24. The molecule has 2 aliphatic rings. The number of hydroxylamine groups is 1. The van der Waals surface area contributed by atoms with E-state index in [1.807, 2.05) is 18.3 Å². The van der Waals surface area contributed by atoms with Crippen molar-refractivity contribution in [3.05, 3.63) is 41.6 Å². The SMILES string of the molecule is O=C(NO)c1ccc2[nH]cc(C3=CCN4CCCC4C3)c2c1. The third-order valence-corrected chi connectivity index (χ3v) is 4.92. The Balaban J connectivity index is 1.73. The number of nitrogens with one attached hydrogen (secondary N) is 2. The fraction of sp³-hybridized carbons (Fsp3) is 0.353. The van der Waals surface area contributed by atoms with E-state index in [0.717, 1.165) is 23.9 Å². The lowest BCUT2D eigenvalue weighted by molar-refractivity contribution is 0.0706. The van der Waals surface area contributed by atoms with Crippen molar-refractivity contribution in [3.63, 3.8) is 0 Å². The average Bonchev–Trinajstić information content (AvgIpc) is 3.18. The van der Waals surface area contributed by atoms with Gasteiger partial charge < -0.3 is 4.98 Å². The van der Waals surface area contributed by atoms with Gasteiger partial charge in [-0.2, -0.15) is 0 Å². The van der Waals surface area contributed by atoms with Gasteiger partial charge in [0.25, 0.3) is 5.91 Å². The van der Waals surface area contributed by atoms with E-state index in [0.29, 0.717) is 11.6 Å². The van der Waals surface area contributed by atoms with Crippen LogP contribution in [0, 0.1) is 0 Å². The lowest BCUT2D eigenvalue weighted by Crippen LogP contribution is -2.32. The van der Waals surface area contributed by atoms with Crippen LogP contribution in [0.15, 0.2) is 30.5 Å². The number of amides is 1. The van der Waals surface area contributed by atoms with Gasteiger partial charge in [0.05, 0.1) is 0 Å². The second-order valence-corrected chi connectivity index (χ2v) is 6.13. The Morgan fingerprint density at radius 2 is 2.32 bits per heavy atom. The molecule has 1 aromatic carbocycles. The van der Waals surface area contributed by atoms with Crippen LogP contribution in [0.4, 0.5) is 0 Å². The van der Waals surface area contributed by atoms with Gasteiger partial charge in [0.2, 0.25) is 0 Å². The third kappa shape index (κ3) is 2.14. The summed E-state index contributed by atoms with van der Waals surface area (Å²) in [5, 5.41) is 9.85. The quantitative estimate of drug-likeness (QED) is 0.589. The standard InChI is InChI=1S/C17H19N3O2/c21-17(19-22)12-3-4-16-14(9-12)15(10-18-16)11-5-7-20-6-1-2-13(20)8-11/h3-5,9-10,13,18,22H,1-2,6-8H2,(H,19,21). The van der Waals surface area contributed by atoms with Crippen LogP contribution in [0.3, 0.4) is 0 Å². The third-order valence-electron chi connectivity index (χ3n) is 4.92. The molecule has 3 N–H and O–H groups in total. The molecule has 1 unspecified atom stereocenters. The van der Waals surface area contributed by atoms with Crippen molar-refractivity contribution >= 4 is 22.4 Å². The van der Waals surface area contributed by atoms with Crippen molar-refractivity contribution in [2.75, 3.05) is 13.1 Å². The first-order chi connectivity index (χ1) is 10.8. The first kappa shape index (κ1) is 13.5. The van der Waals surface area contributed by atoms with E-state index in [9.17, 15) is 4.79 Å². The minimum Gasteiger partial charge on any atom is -0.361 e. The van der Waals surface area contributed by atoms with E-state index >= 15 is 0 Å². The zero-order valence-electron chi connectivity index (χ0n) is 12.3. The highest BCUT2D eigenvalue weighted by Gasteiger charge is 2.28. The summed E-state index contributed by atoms with van der Waals surface area (Å²) in [6.45, 7) is 2.23.